The summed E-state index contributed by atoms with van der Waals surface area (Å²) in [5, 5.41) is 11.8. The minimum Gasteiger partial charge on any atom is -0.495 e. The van der Waals surface area contributed by atoms with Crippen molar-refractivity contribution < 1.29 is 24.2 Å². The van der Waals surface area contributed by atoms with E-state index in [0.717, 1.165) is 0 Å². The molecule has 8 nitrogen and oxygen atoms in total. The Morgan fingerprint density at radius 2 is 2.12 bits per heavy atom. The SMILES string of the molecule is COc1ccc(C(=O)N2CCC(C(=O)O)C2)cc1N1CCNC1=O. The minimum atomic E-state index is -0.880. The van der Waals surface area contributed by atoms with E-state index in [1.807, 2.05) is 0 Å². The quantitative estimate of drug-likeness (QED) is 0.848. The first kappa shape index (κ1) is 16.1. The lowest BCUT2D eigenvalue weighted by molar-refractivity contribution is -0.141. The lowest BCUT2D eigenvalue weighted by atomic mass is 10.1. The number of hydrogen-bond donors (Lipinski definition) is 2. The van der Waals surface area contributed by atoms with Crippen molar-refractivity contribution >= 4 is 23.6 Å². The molecule has 0 spiro atoms. The van der Waals surface area contributed by atoms with E-state index in [9.17, 15) is 14.4 Å². The zero-order valence-corrected chi connectivity index (χ0v) is 13.3. The summed E-state index contributed by atoms with van der Waals surface area (Å²) in [7, 11) is 1.51. The maximum absolute atomic E-state index is 12.6. The third-order valence-electron chi connectivity index (χ3n) is 4.40. The molecule has 8 heteroatoms. The number of aliphatic carboxylic acids is 1. The molecule has 2 heterocycles. The highest BCUT2D eigenvalue weighted by molar-refractivity contribution is 6.00. The average Bonchev–Trinajstić information content (AvgIpc) is 3.22. The summed E-state index contributed by atoms with van der Waals surface area (Å²) in [5.74, 6) is -1.12. The fourth-order valence-corrected chi connectivity index (χ4v) is 3.06. The molecule has 0 radical (unpaired) electrons. The zero-order chi connectivity index (χ0) is 17.3. The van der Waals surface area contributed by atoms with Gasteiger partial charge in [-0.2, -0.15) is 0 Å². The molecular formula is C16H19N3O5. The van der Waals surface area contributed by atoms with E-state index in [1.165, 1.54) is 16.9 Å². The Balaban J connectivity index is 1.85. The molecule has 0 saturated carbocycles. The van der Waals surface area contributed by atoms with Gasteiger partial charge < -0.3 is 20.1 Å². The third-order valence-corrected chi connectivity index (χ3v) is 4.40. The van der Waals surface area contributed by atoms with Crippen LogP contribution in [0.5, 0.6) is 5.75 Å². The molecule has 24 heavy (non-hydrogen) atoms. The second-order valence-electron chi connectivity index (χ2n) is 5.85. The third kappa shape index (κ3) is 2.86. The number of hydrogen-bond acceptors (Lipinski definition) is 4. The Kier molecular flexibility index (Phi) is 4.28. The topological polar surface area (TPSA) is 99.2 Å². The van der Waals surface area contributed by atoms with E-state index in [1.54, 1.807) is 18.2 Å². The normalized spacial score (nSPS) is 20.2. The molecule has 1 unspecified atom stereocenters. The van der Waals surface area contributed by atoms with Gasteiger partial charge in [-0.1, -0.05) is 0 Å². The van der Waals surface area contributed by atoms with Crippen molar-refractivity contribution in [3.05, 3.63) is 23.8 Å². The summed E-state index contributed by atoms with van der Waals surface area (Å²) in [5.41, 5.74) is 0.948. The lowest BCUT2D eigenvalue weighted by Crippen LogP contribution is -2.31. The van der Waals surface area contributed by atoms with Gasteiger partial charge in [0.1, 0.15) is 5.75 Å². The van der Waals surface area contributed by atoms with Crippen LogP contribution in [0.4, 0.5) is 10.5 Å². The van der Waals surface area contributed by atoms with Crippen LogP contribution >= 0.6 is 0 Å². The molecule has 128 valence electrons. The van der Waals surface area contributed by atoms with Crippen LogP contribution in [0.2, 0.25) is 0 Å². The van der Waals surface area contributed by atoms with Crippen LogP contribution < -0.4 is 15.0 Å². The smallest absolute Gasteiger partial charge is 0.322 e. The van der Waals surface area contributed by atoms with Crippen LogP contribution in [0, 0.1) is 5.92 Å². The standard InChI is InChI=1S/C16H19N3O5/c1-24-13-3-2-10(8-12(13)19-7-5-17-16(19)23)14(20)18-6-4-11(9-18)15(21)22/h2-3,8,11H,4-7,9H2,1H3,(H,17,23)(H,21,22). The molecule has 2 fully saturated rings. The van der Waals surface area contributed by atoms with Crippen molar-refractivity contribution in [2.75, 3.05) is 38.2 Å². The molecule has 2 N–H and O–H groups in total. The Labute approximate surface area is 139 Å². The largest absolute Gasteiger partial charge is 0.495 e. The predicted molar refractivity (Wildman–Crippen MR) is 85.4 cm³/mol. The fourth-order valence-electron chi connectivity index (χ4n) is 3.06. The van der Waals surface area contributed by atoms with Gasteiger partial charge >= 0.3 is 12.0 Å². The molecule has 2 saturated heterocycles. The molecule has 0 aromatic heterocycles. The number of carbonyl (C=O) groups is 3. The molecule has 2 aliphatic rings. The van der Waals surface area contributed by atoms with Gasteiger partial charge in [-0.05, 0) is 24.6 Å². The van der Waals surface area contributed by atoms with E-state index in [4.69, 9.17) is 9.84 Å². The Hall–Kier alpha value is -2.77. The molecule has 1 aromatic carbocycles. The fraction of sp³-hybridized carbons (Fsp3) is 0.438. The summed E-state index contributed by atoms with van der Waals surface area (Å²) in [6.07, 6.45) is 0.457. The van der Waals surface area contributed by atoms with Crippen LogP contribution in [0.1, 0.15) is 16.8 Å². The van der Waals surface area contributed by atoms with E-state index >= 15 is 0 Å². The molecule has 1 aromatic rings. The zero-order valence-electron chi connectivity index (χ0n) is 13.3. The summed E-state index contributed by atoms with van der Waals surface area (Å²) >= 11 is 0. The van der Waals surface area contributed by atoms with E-state index in [0.29, 0.717) is 43.1 Å². The van der Waals surface area contributed by atoms with E-state index < -0.39 is 11.9 Å². The maximum Gasteiger partial charge on any atom is 0.322 e. The van der Waals surface area contributed by atoms with Gasteiger partial charge in [0, 0.05) is 31.7 Å². The number of carbonyl (C=O) groups excluding carboxylic acids is 2. The lowest BCUT2D eigenvalue weighted by Gasteiger charge is -2.20. The van der Waals surface area contributed by atoms with Gasteiger partial charge in [-0.25, -0.2) is 4.79 Å². The van der Waals surface area contributed by atoms with Gasteiger partial charge in [0.15, 0.2) is 0 Å². The van der Waals surface area contributed by atoms with Crippen molar-refractivity contribution in [2.24, 2.45) is 5.92 Å². The summed E-state index contributed by atoms with van der Waals surface area (Å²) in [6, 6.07) is 4.68. The van der Waals surface area contributed by atoms with Crippen molar-refractivity contribution in [3.63, 3.8) is 0 Å². The monoisotopic (exact) mass is 333 g/mol. The Bertz CT molecular complexity index is 690. The van der Waals surface area contributed by atoms with Gasteiger partial charge in [0.2, 0.25) is 0 Å². The first-order valence-electron chi connectivity index (χ1n) is 7.76. The van der Waals surface area contributed by atoms with Crippen molar-refractivity contribution in [3.8, 4) is 5.75 Å². The van der Waals surface area contributed by atoms with Crippen LogP contribution in [0.15, 0.2) is 18.2 Å². The van der Waals surface area contributed by atoms with Crippen LogP contribution in [-0.4, -0.2) is 61.2 Å². The molecule has 0 bridgehead atoms. The highest BCUT2D eigenvalue weighted by atomic mass is 16.5. The first-order valence-corrected chi connectivity index (χ1v) is 7.76. The van der Waals surface area contributed by atoms with Crippen LogP contribution in [0.3, 0.4) is 0 Å². The number of carboxylic acid groups (broad SMARTS) is 1. The second-order valence-corrected chi connectivity index (χ2v) is 5.85. The molecule has 3 rings (SSSR count). The van der Waals surface area contributed by atoms with E-state index in [-0.39, 0.29) is 18.5 Å². The van der Waals surface area contributed by atoms with Crippen LogP contribution in [0.25, 0.3) is 0 Å². The number of likely N-dealkylation sites (tertiary alicyclic amines) is 1. The maximum atomic E-state index is 12.6. The number of methoxy groups -OCH3 is 1. The second kappa shape index (κ2) is 6.38. The number of nitrogens with zero attached hydrogens (tertiary/aromatic N) is 2. The molecule has 3 amide bonds. The number of amides is 3. The molecule has 2 aliphatic heterocycles. The van der Waals surface area contributed by atoms with Crippen molar-refractivity contribution in [1.29, 1.82) is 0 Å². The highest BCUT2D eigenvalue weighted by Gasteiger charge is 2.32. The minimum absolute atomic E-state index is 0.208. The summed E-state index contributed by atoms with van der Waals surface area (Å²) < 4.78 is 5.29. The van der Waals surface area contributed by atoms with Crippen LogP contribution in [-0.2, 0) is 4.79 Å². The first-order chi connectivity index (χ1) is 11.5. The molecule has 1 atom stereocenters. The van der Waals surface area contributed by atoms with Gasteiger partial charge in [-0.3, -0.25) is 14.5 Å². The number of nitrogens with one attached hydrogen (secondary N) is 1. The number of carboxylic acids is 1. The number of urea groups is 1. The number of anilines is 1. The van der Waals surface area contributed by atoms with E-state index in [2.05, 4.69) is 5.32 Å². The predicted octanol–water partition coefficient (Wildman–Crippen LogP) is 0.772. The highest BCUT2D eigenvalue weighted by Crippen LogP contribution is 2.31. The number of ether oxygens (including phenoxy) is 1. The Morgan fingerprint density at radius 1 is 1.33 bits per heavy atom. The average molecular weight is 333 g/mol. The summed E-state index contributed by atoms with van der Waals surface area (Å²) in [6.45, 7) is 1.66. The van der Waals surface area contributed by atoms with Gasteiger partial charge in [-0.15, -0.1) is 0 Å². The number of rotatable bonds is 4. The molecular weight excluding hydrogens is 314 g/mol. The summed E-state index contributed by atoms with van der Waals surface area (Å²) in [4.78, 5) is 38.6. The van der Waals surface area contributed by atoms with Gasteiger partial charge in [0.25, 0.3) is 5.91 Å². The number of benzene rings is 1. The van der Waals surface area contributed by atoms with Crippen molar-refractivity contribution in [2.45, 2.75) is 6.42 Å². The Morgan fingerprint density at radius 3 is 2.71 bits per heavy atom. The molecule has 0 aliphatic carbocycles. The van der Waals surface area contributed by atoms with Crippen molar-refractivity contribution in [1.82, 2.24) is 10.2 Å². The van der Waals surface area contributed by atoms with Gasteiger partial charge in [0.05, 0.1) is 18.7 Å².